The largest absolute Gasteiger partial charge is 0.465 e. The van der Waals surface area contributed by atoms with Gasteiger partial charge in [-0.1, -0.05) is 36.4 Å². The van der Waals surface area contributed by atoms with Crippen LogP contribution in [0.2, 0.25) is 0 Å². The first-order valence-corrected chi connectivity index (χ1v) is 5.57. The molecule has 0 aliphatic carbocycles. The first kappa shape index (κ1) is 12.0. The summed E-state index contributed by atoms with van der Waals surface area (Å²) < 4.78 is 4.61. The number of rotatable bonds is 3. The molecule has 90 valence electrons. The standard InChI is InChI=1S/C15H13NO2/c1-18-15(17)13-8-10-14(16-11-13)9-7-12-5-3-2-4-6-12/h2-11H,1H3/b9-7+. The van der Waals surface area contributed by atoms with Gasteiger partial charge in [0, 0.05) is 6.20 Å². The zero-order valence-corrected chi connectivity index (χ0v) is 10.0. The minimum absolute atomic E-state index is 0.374. The molecule has 18 heavy (non-hydrogen) atoms. The third kappa shape index (κ3) is 3.04. The number of pyridine rings is 1. The molecule has 0 aliphatic rings. The molecule has 1 heterocycles. The molecule has 1 aromatic carbocycles. The van der Waals surface area contributed by atoms with Gasteiger partial charge in [-0.15, -0.1) is 0 Å². The van der Waals surface area contributed by atoms with Crippen LogP contribution >= 0.6 is 0 Å². The fourth-order valence-corrected chi connectivity index (χ4v) is 1.49. The number of esters is 1. The van der Waals surface area contributed by atoms with Crippen molar-refractivity contribution in [3.63, 3.8) is 0 Å². The van der Waals surface area contributed by atoms with Crippen molar-refractivity contribution in [3.8, 4) is 0 Å². The number of hydrogen-bond acceptors (Lipinski definition) is 3. The fourth-order valence-electron chi connectivity index (χ4n) is 1.49. The smallest absolute Gasteiger partial charge is 0.339 e. The third-order valence-corrected chi connectivity index (χ3v) is 2.45. The Morgan fingerprint density at radius 3 is 2.50 bits per heavy atom. The van der Waals surface area contributed by atoms with E-state index in [9.17, 15) is 4.79 Å². The van der Waals surface area contributed by atoms with Crippen molar-refractivity contribution in [1.29, 1.82) is 0 Å². The van der Waals surface area contributed by atoms with E-state index in [0.29, 0.717) is 5.56 Å². The molecule has 0 unspecified atom stereocenters. The molecular formula is C15H13NO2. The lowest BCUT2D eigenvalue weighted by Gasteiger charge is -1.98. The summed E-state index contributed by atoms with van der Waals surface area (Å²) in [5.74, 6) is -0.374. The maximum Gasteiger partial charge on any atom is 0.339 e. The molecule has 0 spiro atoms. The summed E-state index contributed by atoms with van der Waals surface area (Å²) in [5, 5.41) is 0. The van der Waals surface area contributed by atoms with Crippen LogP contribution in [0.15, 0.2) is 48.7 Å². The number of hydrogen-bond donors (Lipinski definition) is 0. The second-order valence-corrected chi connectivity index (χ2v) is 3.71. The minimum atomic E-state index is -0.374. The van der Waals surface area contributed by atoms with E-state index in [4.69, 9.17) is 0 Å². The van der Waals surface area contributed by atoms with Crippen LogP contribution in [0.25, 0.3) is 12.2 Å². The van der Waals surface area contributed by atoms with Gasteiger partial charge in [-0.3, -0.25) is 4.98 Å². The van der Waals surface area contributed by atoms with Crippen LogP contribution in [-0.2, 0) is 4.74 Å². The maximum atomic E-state index is 11.2. The Hall–Kier alpha value is -2.42. The van der Waals surface area contributed by atoms with E-state index in [1.807, 2.05) is 42.5 Å². The van der Waals surface area contributed by atoms with Gasteiger partial charge < -0.3 is 4.74 Å². The van der Waals surface area contributed by atoms with Gasteiger partial charge in [-0.05, 0) is 23.8 Å². The average molecular weight is 239 g/mol. The van der Waals surface area contributed by atoms with Crippen molar-refractivity contribution in [2.75, 3.05) is 7.11 Å². The Labute approximate surface area is 106 Å². The van der Waals surface area contributed by atoms with E-state index in [2.05, 4.69) is 9.72 Å². The van der Waals surface area contributed by atoms with Crippen molar-refractivity contribution in [3.05, 3.63) is 65.5 Å². The zero-order chi connectivity index (χ0) is 12.8. The van der Waals surface area contributed by atoms with Gasteiger partial charge in [-0.25, -0.2) is 4.79 Å². The summed E-state index contributed by atoms with van der Waals surface area (Å²) in [6, 6.07) is 13.4. The number of nitrogens with zero attached hydrogens (tertiary/aromatic N) is 1. The van der Waals surface area contributed by atoms with Gasteiger partial charge in [0.2, 0.25) is 0 Å². The highest BCUT2D eigenvalue weighted by Crippen LogP contribution is 2.07. The molecule has 3 nitrogen and oxygen atoms in total. The van der Waals surface area contributed by atoms with Crippen molar-refractivity contribution >= 4 is 18.1 Å². The maximum absolute atomic E-state index is 11.2. The van der Waals surface area contributed by atoms with Crippen LogP contribution in [0.4, 0.5) is 0 Å². The van der Waals surface area contributed by atoms with Gasteiger partial charge >= 0.3 is 5.97 Å². The molecule has 0 aliphatic heterocycles. The Morgan fingerprint density at radius 2 is 1.89 bits per heavy atom. The quantitative estimate of drug-likeness (QED) is 0.773. The summed E-state index contributed by atoms with van der Waals surface area (Å²) in [6.07, 6.45) is 5.38. The lowest BCUT2D eigenvalue weighted by atomic mass is 10.2. The molecule has 0 radical (unpaired) electrons. The van der Waals surface area contributed by atoms with Gasteiger partial charge in [-0.2, -0.15) is 0 Å². The van der Waals surface area contributed by atoms with Gasteiger partial charge in [0.05, 0.1) is 18.4 Å². The normalized spacial score (nSPS) is 10.5. The van der Waals surface area contributed by atoms with E-state index >= 15 is 0 Å². The van der Waals surface area contributed by atoms with E-state index in [-0.39, 0.29) is 5.97 Å². The molecule has 1 aromatic heterocycles. The lowest BCUT2D eigenvalue weighted by molar-refractivity contribution is 0.0600. The van der Waals surface area contributed by atoms with Crippen LogP contribution in [0.1, 0.15) is 21.6 Å². The molecule has 0 saturated carbocycles. The second-order valence-electron chi connectivity index (χ2n) is 3.71. The lowest BCUT2D eigenvalue weighted by Crippen LogP contribution is -2.01. The fraction of sp³-hybridized carbons (Fsp3) is 0.0667. The molecule has 0 amide bonds. The highest BCUT2D eigenvalue weighted by Gasteiger charge is 2.03. The van der Waals surface area contributed by atoms with E-state index in [1.54, 1.807) is 12.1 Å². The zero-order valence-electron chi connectivity index (χ0n) is 10.0. The summed E-state index contributed by atoms with van der Waals surface area (Å²) in [7, 11) is 1.35. The highest BCUT2D eigenvalue weighted by atomic mass is 16.5. The molecule has 0 fully saturated rings. The minimum Gasteiger partial charge on any atom is -0.465 e. The third-order valence-electron chi connectivity index (χ3n) is 2.45. The molecule has 0 N–H and O–H groups in total. The molecule has 2 aromatic rings. The van der Waals surface area contributed by atoms with Gasteiger partial charge in [0.1, 0.15) is 0 Å². The summed E-state index contributed by atoms with van der Waals surface area (Å²) >= 11 is 0. The molecule has 0 saturated heterocycles. The summed E-state index contributed by atoms with van der Waals surface area (Å²) in [4.78, 5) is 15.4. The average Bonchev–Trinajstić information content (AvgIpc) is 2.46. The summed E-state index contributed by atoms with van der Waals surface area (Å²) in [5.41, 5.74) is 2.36. The molecule has 3 heteroatoms. The van der Waals surface area contributed by atoms with Crippen molar-refractivity contribution in [2.45, 2.75) is 0 Å². The number of ether oxygens (including phenoxy) is 1. The Bertz CT molecular complexity index is 544. The van der Waals surface area contributed by atoms with Crippen LogP contribution < -0.4 is 0 Å². The number of benzene rings is 1. The predicted molar refractivity (Wildman–Crippen MR) is 70.9 cm³/mol. The number of methoxy groups -OCH3 is 1. The van der Waals surface area contributed by atoms with E-state index in [1.165, 1.54) is 13.3 Å². The molecule has 2 rings (SSSR count). The number of aromatic nitrogens is 1. The molecule has 0 bridgehead atoms. The Kier molecular flexibility index (Phi) is 3.86. The Balaban J connectivity index is 2.11. The van der Waals surface area contributed by atoms with Crippen molar-refractivity contribution in [1.82, 2.24) is 4.98 Å². The topological polar surface area (TPSA) is 39.2 Å². The SMILES string of the molecule is COC(=O)c1ccc(/C=C/c2ccccc2)nc1. The van der Waals surface area contributed by atoms with E-state index in [0.717, 1.165) is 11.3 Å². The first-order valence-electron chi connectivity index (χ1n) is 5.57. The molecule has 0 atom stereocenters. The monoisotopic (exact) mass is 239 g/mol. The van der Waals surface area contributed by atoms with Gasteiger partial charge in [0.25, 0.3) is 0 Å². The van der Waals surface area contributed by atoms with Crippen LogP contribution in [-0.4, -0.2) is 18.1 Å². The van der Waals surface area contributed by atoms with Crippen molar-refractivity contribution < 1.29 is 9.53 Å². The van der Waals surface area contributed by atoms with Crippen LogP contribution in [0.5, 0.6) is 0 Å². The van der Waals surface area contributed by atoms with Crippen molar-refractivity contribution in [2.24, 2.45) is 0 Å². The Morgan fingerprint density at radius 1 is 1.11 bits per heavy atom. The predicted octanol–water partition coefficient (Wildman–Crippen LogP) is 3.04. The van der Waals surface area contributed by atoms with Gasteiger partial charge in [0.15, 0.2) is 0 Å². The van der Waals surface area contributed by atoms with Crippen LogP contribution in [0.3, 0.4) is 0 Å². The highest BCUT2D eigenvalue weighted by molar-refractivity contribution is 5.89. The molecular weight excluding hydrogens is 226 g/mol. The first-order chi connectivity index (χ1) is 8.79. The second kappa shape index (κ2) is 5.77. The number of carbonyl (C=O) groups excluding carboxylic acids is 1. The van der Waals surface area contributed by atoms with E-state index < -0.39 is 0 Å². The summed E-state index contributed by atoms with van der Waals surface area (Å²) in [6.45, 7) is 0. The van der Waals surface area contributed by atoms with Crippen LogP contribution in [0, 0.1) is 0 Å². The number of carbonyl (C=O) groups is 1.